The first-order chi connectivity index (χ1) is 34.7. The van der Waals surface area contributed by atoms with Crippen molar-refractivity contribution in [3.05, 3.63) is 167 Å². The second-order valence-electron chi connectivity index (χ2n) is 18.4. The van der Waals surface area contributed by atoms with Crippen LogP contribution < -0.4 is 0 Å². The summed E-state index contributed by atoms with van der Waals surface area (Å²) in [7, 11) is 0. The smallest absolute Gasteiger partial charge is 0.148 e. The third-order valence-corrected chi connectivity index (χ3v) is 11.7. The maximum absolute atomic E-state index is 12.3. The Morgan fingerprint density at radius 2 is 1.38 bits per heavy atom. The molecule has 0 spiro atoms. The third-order valence-electron chi connectivity index (χ3n) is 11.7. The maximum Gasteiger partial charge on any atom is 0.148 e. The molecule has 330 valence electrons. The van der Waals surface area contributed by atoms with Gasteiger partial charge in [-0.05, 0) is 111 Å². The summed E-state index contributed by atoms with van der Waals surface area (Å²) >= 11 is 0. The molecule has 8 rings (SSSR count). The van der Waals surface area contributed by atoms with Gasteiger partial charge in [0.1, 0.15) is 11.6 Å². The Balaban J connectivity index is 0.00000840. The van der Waals surface area contributed by atoms with Gasteiger partial charge in [0.05, 0.1) is 26.2 Å². The maximum atomic E-state index is 12.3. The van der Waals surface area contributed by atoms with Gasteiger partial charge in [0, 0.05) is 45.5 Å². The van der Waals surface area contributed by atoms with Crippen LogP contribution in [0.3, 0.4) is 0 Å². The second kappa shape index (κ2) is 18.5. The summed E-state index contributed by atoms with van der Waals surface area (Å²) in [6.07, 6.45) is -0.605. The molecule has 0 atom stereocenters. The van der Waals surface area contributed by atoms with Gasteiger partial charge >= 0.3 is 0 Å². The Labute approximate surface area is 413 Å². The van der Waals surface area contributed by atoms with Gasteiger partial charge in [-0.3, -0.25) is 9.55 Å². The second-order valence-corrected chi connectivity index (χ2v) is 18.4. The van der Waals surface area contributed by atoms with E-state index in [2.05, 4.69) is 24.9 Å². The van der Waals surface area contributed by atoms with Crippen LogP contribution in [0, 0.1) is 12.9 Å². The Morgan fingerprint density at radius 1 is 0.688 bits per heavy atom. The molecule has 1 N–H and O–H groups in total. The van der Waals surface area contributed by atoms with E-state index in [0.717, 1.165) is 33.4 Å². The Hall–Kier alpha value is -5.57. The molecule has 0 saturated heterocycles. The summed E-state index contributed by atoms with van der Waals surface area (Å²) in [5.74, 6) is -1.46. The molecule has 0 amide bonds. The van der Waals surface area contributed by atoms with E-state index < -0.39 is 83.2 Å². The minimum absolute atomic E-state index is 0. The summed E-state index contributed by atoms with van der Waals surface area (Å²) in [6, 6.07) is 26.5. The van der Waals surface area contributed by atoms with Gasteiger partial charge in [0.2, 0.25) is 0 Å². The molecular formula is C59H62N3OPt-. The average molecular weight is 1040 g/mol. The predicted octanol–water partition coefficient (Wildman–Crippen LogP) is 16.4. The number of fused-ring (bicyclic) bond motifs is 1. The first-order valence-corrected chi connectivity index (χ1v) is 21.5. The van der Waals surface area contributed by atoms with Crippen molar-refractivity contribution in [3.8, 4) is 67.5 Å². The largest absolute Gasteiger partial charge is 0.507 e. The van der Waals surface area contributed by atoms with Crippen LogP contribution in [-0.2, 0) is 26.5 Å². The van der Waals surface area contributed by atoms with Gasteiger partial charge < -0.3 is 5.11 Å². The fourth-order valence-corrected chi connectivity index (χ4v) is 8.14. The van der Waals surface area contributed by atoms with E-state index in [-0.39, 0.29) is 49.9 Å². The van der Waals surface area contributed by atoms with Crippen molar-refractivity contribution >= 4 is 11.0 Å². The molecule has 6 aromatic carbocycles. The number of hydrogen-bond donors (Lipinski definition) is 1. The predicted molar refractivity (Wildman–Crippen MR) is 266 cm³/mol. The molecule has 0 aliphatic carbocycles. The van der Waals surface area contributed by atoms with E-state index in [9.17, 15) is 7.85 Å². The molecule has 0 fully saturated rings. The Kier molecular flexibility index (Phi) is 9.53. The number of rotatable bonds is 10. The van der Waals surface area contributed by atoms with Crippen LogP contribution in [0.4, 0.5) is 0 Å². The zero-order valence-corrected chi connectivity index (χ0v) is 40.6. The molecule has 8 aromatic rings. The van der Waals surface area contributed by atoms with Gasteiger partial charge in [-0.15, -0.1) is 29.3 Å². The molecule has 0 saturated carbocycles. The first-order valence-electron chi connectivity index (χ1n) is 27.5. The molecule has 0 aliphatic heterocycles. The molecule has 2 heterocycles. The molecular weight excluding hydrogens is 962 g/mol. The fourth-order valence-electron chi connectivity index (χ4n) is 8.14. The normalized spacial score (nSPS) is 15.1. The zero-order chi connectivity index (χ0) is 55.3. The summed E-state index contributed by atoms with van der Waals surface area (Å²) in [5.41, 5.74) is 7.17. The van der Waals surface area contributed by atoms with Crippen LogP contribution >= 0.6 is 0 Å². The van der Waals surface area contributed by atoms with Crippen molar-refractivity contribution in [2.24, 2.45) is 0 Å². The number of nitrogens with zero attached hydrogens (tertiary/aromatic N) is 3. The van der Waals surface area contributed by atoms with Gasteiger partial charge in [-0.2, -0.15) is 0 Å². The van der Waals surface area contributed by atoms with Crippen molar-refractivity contribution in [3.63, 3.8) is 0 Å². The van der Waals surface area contributed by atoms with E-state index in [1.807, 2.05) is 146 Å². The third kappa shape index (κ3) is 9.05. The molecule has 2 aromatic heterocycles. The number of para-hydroxylation sites is 1. The Morgan fingerprint density at radius 3 is 2.05 bits per heavy atom. The van der Waals surface area contributed by atoms with Crippen LogP contribution in [-0.4, -0.2) is 19.6 Å². The monoisotopic (exact) mass is 1040 g/mol. The topological polar surface area (TPSA) is 50.9 Å². The van der Waals surface area contributed by atoms with E-state index >= 15 is 0 Å². The summed E-state index contributed by atoms with van der Waals surface area (Å²) in [4.78, 5) is 9.87. The van der Waals surface area contributed by atoms with E-state index in [0.29, 0.717) is 44.8 Å². The van der Waals surface area contributed by atoms with Crippen molar-refractivity contribution in [1.29, 1.82) is 0 Å². The van der Waals surface area contributed by atoms with Gasteiger partial charge in [0.25, 0.3) is 0 Å². The van der Waals surface area contributed by atoms with Crippen LogP contribution in [0.5, 0.6) is 5.75 Å². The summed E-state index contributed by atoms with van der Waals surface area (Å²) in [6.45, 7) is 18.7. The number of phenols is 1. The number of imidazole rings is 1. The standard InChI is InChI=1S/C59H62N3O.Pt/c1-35(2)42-31-52(38(7)8)57(63)53(32-42)58-61-56-48(43-28-44(30-45(29-43)59(10,11)12)54-33-41(26-27-60-54)40-22-20-39(9)21-23-40)18-15-19-55(56)62(58)46-24-25-50(51(34-46)37(5)6)49-17-14-13-16-47(49)36(3)4;/h13-27,29-38,63H,1-12H3;/q-1;/i9D3,20D,21D,22D,23D,26D,27D,33D,36D,37D;. The summed E-state index contributed by atoms with van der Waals surface area (Å²) in [5, 5.41) is 12.3. The summed E-state index contributed by atoms with van der Waals surface area (Å²) < 4.78 is 107. The van der Waals surface area contributed by atoms with Gasteiger partial charge in [0.15, 0.2) is 0 Å². The number of benzene rings is 6. The van der Waals surface area contributed by atoms with Crippen molar-refractivity contribution in [2.75, 3.05) is 0 Å². The molecule has 0 unspecified atom stereocenters. The number of aromatic hydroxyl groups is 1. The SMILES string of the molecule is [2H]c1nc(-c2[c-]c(-c3cccc4c3nc(-c3cc(C(C)C)cc(C(C)C)c3O)n4-c3ccc(-c4ccccc4C([2H])(C)C)c(C([2H])(C)C)c3)cc(C(C)(C)C)c2)c([2H])c(-c2c([2H])c([2H])c(C([2H])([2H])[2H])c([2H])c2[2H])c1[2H].[Pt]. The molecule has 64 heavy (non-hydrogen) atoms. The van der Waals surface area contributed by atoms with Crippen LogP contribution in [0.15, 0.2) is 127 Å². The van der Waals surface area contributed by atoms with E-state index in [4.69, 9.17) is 18.7 Å². The quantitative estimate of drug-likeness (QED) is 0.139. The first kappa shape index (κ1) is 33.0. The molecule has 4 nitrogen and oxygen atoms in total. The fraction of sp³-hybridized carbons (Fsp3) is 0.288. The van der Waals surface area contributed by atoms with Crippen LogP contribution in [0.25, 0.3) is 72.7 Å². The van der Waals surface area contributed by atoms with Crippen molar-refractivity contribution < 1.29 is 42.6 Å². The Bertz CT molecular complexity index is 3570. The van der Waals surface area contributed by atoms with Crippen LogP contribution in [0.2, 0.25) is 0 Å². The van der Waals surface area contributed by atoms with Crippen molar-refractivity contribution in [1.82, 2.24) is 14.5 Å². The minimum atomic E-state index is -2.98. The number of aromatic nitrogens is 3. The zero-order valence-electron chi connectivity index (χ0n) is 50.3. The van der Waals surface area contributed by atoms with Gasteiger partial charge in [-0.1, -0.05) is 172 Å². The number of hydrogen-bond acceptors (Lipinski definition) is 3. The van der Waals surface area contributed by atoms with Crippen LogP contribution in [0.1, 0.15) is 150 Å². The molecule has 0 aliphatic rings. The molecule has 0 radical (unpaired) electrons. The number of pyridine rings is 1. The van der Waals surface area contributed by atoms with Crippen molar-refractivity contribution in [2.45, 2.75) is 112 Å². The van der Waals surface area contributed by atoms with E-state index in [1.54, 1.807) is 6.07 Å². The number of phenolic OH excluding ortho intramolecular Hbond substituents is 1. The van der Waals surface area contributed by atoms with E-state index in [1.165, 1.54) is 0 Å². The molecule has 5 heteroatoms. The molecule has 0 bridgehead atoms. The minimum Gasteiger partial charge on any atom is -0.507 e. The average Bonchev–Trinajstić information content (AvgIpc) is 3.71. The van der Waals surface area contributed by atoms with Gasteiger partial charge in [-0.25, -0.2) is 4.98 Å².